The third-order valence-electron chi connectivity index (χ3n) is 15.8. The molecule has 2 aromatic rings. The SMILES string of the molecule is COc1c2c(c(O)c3c4c(ccc13)C1OC3(C(OC)OC)O[C@@H]1C(OC1CC5C(O)(O1)C(C)C5(O)C(C)=O)(O4)[C@]3(O)CO)C(=O)C(O)CC2OC1CC2(C)C(OC(C)=O)C(C)C2(O)O1. The van der Waals surface area contributed by atoms with Crippen molar-refractivity contribution in [1.82, 2.24) is 0 Å². The average molecular weight is 905 g/mol. The summed E-state index contributed by atoms with van der Waals surface area (Å²) in [5, 5.41) is 82.2. The highest BCUT2D eigenvalue weighted by Crippen LogP contribution is 2.69. The van der Waals surface area contributed by atoms with Crippen LogP contribution in [0.5, 0.6) is 17.2 Å². The van der Waals surface area contributed by atoms with Crippen LogP contribution in [-0.4, -0.2) is 153 Å². The van der Waals surface area contributed by atoms with E-state index >= 15 is 0 Å². The lowest BCUT2D eigenvalue weighted by molar-refractivity contribution is -0.431. The Kier molecular flexibility index (Phi) is 9.48. The highest BCUT2D eigenvalue weighted by atomic mass is 16.9. The van der Waals surface area contributed by atoms with Crippen LogP contribution in [0.15, 0.2) is 12.1 Å². The fourth-order valence-electron chi connectivity index (χ4n) is 12.6. The number of aliphatic hydroxyl groups is 6. The standard InChI is InChI=1S/C43H52O21/c1-15-34(57-18(4)46)37(5)13-25(60-41(15,37)53)58-22-11-21(47)29(48)28-27(22)31(54-6)19-9-10-20-32(26(19)30(28)49)62-42(61-24-12-23-39(51,17(3)45)16(2)40(23,52)59-24)35-33(20)63-43(64-35,36(55-7)56-8)38(42,50)14-44/h9-10,15-16,21-25,33-36,44,47,49-53H,11-14H2,1-8H3/t15?,16?,21?,22?,23?,24?,25?,33?,34?,35-,37?,38+,39?,40?,41?,42?,43?/m0/s1. The van der Waals surface area contributed by atoms with Gasteiger partial charge in [-0.3, -0.25) is 14.4 Å². The van der Waals surface area contributed by atoms with Gasteiger partial charge in [0.25, 0.3) is 11.6 Å². The molecule has 4 saturated heterocycles. The Morgan fingerprint density at radius 3 is 2.30 bits per heavy atom. The van der Waals surface area contributed by atoms with Gasteiger partial charge in [0, 0.05) is 68.8 Å². The number of carbonyl (C=O) groups is 3. The van der Waals surface area contributed by atoms with Gasteiger partial charge in [-0.1, -0.05) is 26.8 Å². The summed E-state index contributed by atoms with van der Waals surface area (Å²) < 4.78 is 67.3. The normalized spacial score (nSPS) is 46.8. The Morgan fingerprint density at radius 2 is 1.67 bits per heavy atom. The number of ether oxygens (including phenoxy) is 11. The molecule has 3 aliphatic carbocycles. The molecule has 350 valence electrons. The Bertz CT molecular complexity index is 2370. The van der Waals surface area contributed by atoms with Crippen molar-refractivity contribution in [2.24, 2.45) is 23.2 Å². The molecule has 2 saturated carbocycles. The molecule has 2 bridgehead atoms. The van der Waals surface area contributed by atoms with Crippen molar-refractivity contribution in [3.8, 4) is 17.2 Å². The van der Waals surface area contributed by atoms with E-state index in [-0.39, 0.29) is 52.7 Å². The second-order valence-corrected chi connectivity index (χ2v) is 18.6. The van der Waals surface area contributed by atoms with Gasteiger partial charge < -0.3 is 87.9 Å². The molecule has 10 rings (SSSR count). The van der Waals surface area contributed by atoms with Crippen molar-refractivity contribution in [2.75, 3.05) is 27.9 Å². The average Bonchev–Trinajstić information content (AvgIpc) is 3.93. The molecule has 0 spiro atoms. The lowest BCUT2D eigenvalue weighted by Crippen LogP contribution is -2.77. The number of methoxy groups -OCH3 is 3. The van der Waals surface area contributed by atoms with E-state index in [0.29, 0.717) is 0 Å². The van der Waals surface area contributed by atoms with Gasteiger partial charge in [0.1, 0.15) is 41.2 Å². The van der Waals surface area contributed by atoms with Crippen LogP contribution in [0.4, 0.5) is 0 Å². The number of hydrogen-bond donors (Lipinski definition) is 7. The number of fused-ring (bicyclic) bond motifs is 8. The molecule has 8 aliphatic rings. The summed E-state index contributed by atoms with van der Waals surface area (Å²) >= 11 is 0. The first-order valence-electron chi connectivity index (χ1n) is 21.1. The maximum Gasteiger partial charge on any atom is 0.302 e. The number of phenols is 1. The number of Topliss-reactive ketones (excluding diaryl/α,β-unsaturated/α-hetero) is 2. The topological polar surface area (TPSA) is 294 Å². The van der Waals surface area contributed by atoms with Crippen LogP contribution in [0, 0.1) is 23.2 Å². The molecule has 6 fully saturated rings. The molecule has 21 nitrogen and oxygen atoms in total. The monoisotopic (exact) mass is 904 g/mol. The smallest absolute Gasteiger partial charge is 0.302 e. The number of benzene rings is 2. The molecule has 0 radical (unpaired) electrons. The van der Waals surface area contributed by atoms with E-state index in [2.05, 4.69) is 0 Å². The summed E-state index contributed by atoms with van der Waals surface area (Å²) in [4.78, 5) is 38.7. The summed E-state index contributed by atoms with van der Waals surface area (Å²) in [6, 6.07) is 3.12. The molecule has 0 aromatic heterocycles. The van der Waals surface area contributed by atoms with Crippen molar-refractivity contribution in [3.05, 3.63) is 28.8 Å². The zero-order valence-electron chi connectivity index (χ0n) is 36.2. The van der Waals surface area contributed by atoms with Crippen LogP contribution < -0.4 is 9.47 Å². The molecule has 64 heavy (non-hydrogen) atoms. The van der Waals surface area contributed by atoms with Gasteiger partial charge in [0.2, 0.25) is 11.9 Å². The molecular formula is C43H52O21. The van der Waals surface area contributed by atoms with Gasteiger partial charge in [-0.25, -0.2) is 0 Å². The largest absolute Gasteiger partial charge is 0.506 e. The number of ketones is 2. The summed E-state index contributed by atoms with van der Waals surface area (Å²) in [6.07, 6.45) is -11.1. The first kappa shape index (κ1) is 44.2. The molecular weight excluding hydrogens is 852 g/mol. The maximum atomic E-state index is 14.1. The van der Waals surface area contributed by atoms with Crippen molar-refractivity contribution >= 4 is 28.3 Å². The van der Waals surface area contributed by atoms with Crippen LogP contribution in [0.3, 0.4) is 0 Å². The summed E-state index contributed by atoms with van der Waals surface area (Å²) in [7, 11) is 3.79. The fourth-order valence-corrected chi connectivity index (χ4v) is 12.6. The zero-order valence-corrected chi connectivity index (χ0v) is 36.2. The second-order valence-electron chi connectivity index (χ2n) is 18.6. The van der Waals surface area contributed by atoms with Crippen LogP contribution in [0.2, 0.25) is 0 Å². The molecule has 17 atom stereocenters. The highest BCUT2D eigenvalue weighted by Gasteiger charge is 2.89. The van der Waals surface area contributed by atoms with E-state index in [0.717, 1.165) is 0 Å². The van der Waals surface area contributed by atoms with Gasteiger partial charge in [-0.05, 0) is 13.0 Å². The number of rotatable bonds is 11. The van der Waals surface area contributed by atoms with Gasteiger partial charge in [-0.2, -0.15) is 0 Å². The summed E-state index contributed by atoms with van der Waals surface area (Å²) in [6.45, 7) is 6.05. The minimum atomic E-state index is -2.79. The van der Waals surface area contributed by atoms with Crippen LogP contribution >= 0.6 is 0 Å². The Labute approximate surface area is 364 Å². The highest BCUT2D eigenvalue weighted by molar-refractivity contribution is 6.13. The number of aliphatic hydroxyl groups excluding tert-OH is 2. The van der Waals surface area contributed by atoms with Crippen molar-refractivity contribution in [2.45, 2.75) is 138 Å². The summed E-state index contributed by atoms with van der Waals surface area (Å²) in [5.74, 6) is -14.7. The van der Waals surface area contributed by atoms with E-state index in [1.54, 1.807) is 26.0 Å². The summed E-state index contributed by atoms with van der Waals surface area (Å²) in [5.41, 5.74) is -6.03. The number of carbonyl (C=O) groups excluding carboxylic acids is 3. The van der Waals surface area contributed by atoms with Crippen molar-refractivity contribution < 1.29 is 102 Å². The second kappa shape index (κ2) is 13.7. The minimum Gasteiger partial charge on any atom is -0.506 e. The van der Waals surface area contributed by atoms with Crippen LogP contribution in [0.1, 0.15) is 87.6 Å². The molecule has 0 amide bonds. The van der Waals surface area contributed by atoms with E-state index < -0.39 is 142 Å². The van der Waals surface area contributed by atoms with Crippen LogP contribution in [-0.2, 0) is 52.2 Å². The first-order valence-corrected chi connectivity index (χ1v) is 21.1. The van der Waals surface area contributed by atoms with Crippen molar-refractivity contribution in [3.63, 3.8) is 0 Å². The number of hydrogen-bond acceptors (Lipinski definition) is 21. The number of esters is 1. The quantitative estimate of drug-likeness (QED) is 0.117. The van der Waals surface area contributed by atoms with Gasteiger partial charge >= 0.3 is 5.97 Å². The van der Waals surface area contributed by atoms with Gasteiger partial charge in [0.05, 0.1) is 42.1 Å². The van der Waals surface area contributed by atoms with Gasteiger partial charge in [-0.15, -0.1) is 0 Å². The third kappa shape index (κ3) is 4.88. The lowest BCUT2D eigenvalue weighted by Gasteiger charge is -2.57. The first-order chi connectivity index (χ1) is 30.0. The Balaban J connectivity index is 1.10. The van der Waals surface area contributed by atoms with E-state index in [4.69, 9.17) is 52.1 Å². The zero-order chi connectivity index (χ0) is 46.2. The predicted molar refractivity (Wildman–Crippen MR) is 207 cm³/mol. The molecule has 15 unspecified atom stereocenters. The predicted octanol–water partition coefficient (Wildman–Crippen LogP) is 0.217. The molecule has 21 heteroatoms. The molecule has 2 aromatic carbocycles. The van der Waals surface area contributed by atoms with E-state index in [9.17, 15) is 50.1 Å². The molecule has 5 aliphatic heterocycles. The Morgan fingerprint density at radius 1 is 0.969 bits per heavy atom. The minimum absolute atomic E-state index is 0.00631. The fraction of sp³-hybridized carbons (Fsp3) is 0.698. The molecule has 7 N–H and O–H groups in total. The molecule has 5 heterocycles. The van der Waals surface area contributed by atoms with Gasteiger partial charge in [0.15, 0.2) is 41.8 Å². The lowest BCUT2D eigenvalue weighted by atomic mass is 9.55. The maximum absolute atomic E-state index is 14.1. The van der Waals surface area contributed by atoms with E-state index in [1.165, 1.54) is 42.1 Å². The third-order valence-corrected chi connectivity index (χ3v) is 15.8. The van der Waals surface area contributed by atoms with Crippen LogP contribution in [0.25, 0.3) is 10.8 Å². The van der Waals surface area contributed by atoms with E-state index in [1.807, 2.05) is 0 Å². The van der Waals surface area contributed by atoms with Crippen molar-refractivity contribution in [1.29, 1.82) is 0 Å². The number of aromatic hydroxyl groups is 1. The Hall–Kier alpha value is -3.65. The number of phenolic OH excluding ortho intramolecular Hbond substituents is 1.